The molecule has 1 amide bonds. The Balaban J connectivity index is 1.93. The van der Waals surface area contributed by atoms with Gasteiger partial charge in [0.2, 0.25) is 0 Å². The number of carbonyl (C=O) groups is 1. The molecular formula is C20H20BrN3OS. The second-order valence-corrected chi connectivity index (χ2v) is 7.85. The van der Waals surface area contributed by atoms with Crippen LogP contribution < -0.4 is 5.32 Å². The molecule has 4 nitrogen and oxygen atoms in total. The van der Waals surface area contributed by atoms with Crippen molar-refractivity contribution < 1.29 is 4.79 Å². The normalized spacial score (nSPS) is 10.8. The van der Waals surface area contributed by atoms with Crippen LogP contribution >= 0.6 is 27.3 Å². The minimum atomic E-state index is -0.109. The monoisotopic (exact) mass is 429 g/mol. The van der Waals surface area contributed by atoms with Crippen LogP contribution in [0.5, 0.6) is 0 Å². The van der Waals surface area contributed by atoms with Crippen LogP contribution in [0.25, 0.3) is 10.6 Å². The van der Waals surface area contributed by atoms with Crippen LogP contribution in [0, 0.1) is 6.92 Å². The van der Waals surface area contributed by atoms with Gasteiger partial charge < -0.3 is 5.32 Å². The molecule has 0 aliphatic heterocycles. The minimum absolute atomic E-state index is 0.109. The van der Waals surface area contributed by atoms with Crippen LogP contribution in [0.15, 0.2) is 41.1 Å². The van der Waals surface area contributed by atoms with Crippen LogP contribution in [-0.4, -0.2) is 15.9 Å². The zero-order valence-electron chi connectivity index (χ0n) is 15.0. The Morgan fingerprint density at radius 1 is 1.23 bits per heavy atom. The van der Waals surface area contributed by atoms with Gasteiger partial charge in [0, 0.05) is 28.1 Å². The molecule has 134 valence electrons. The molecular weight excluding hydrogens is 410 g/mol. The average molecular weight is 430 g/mol. The number of aromatic nitrogens is 2. The highest BCUT2D eigenvalue weighted by atomic mass is 79.9. The molecule has 0 atom stereocenters. The van der Waals surface area contributed by atoms with Crippen molar-refractivity contribution in [2.45, 2.75) is 33.6 Å². The van der Waals surface area contributed by atoms with Crippen LogP contribution in [0.2, 0.25) is 0 Å². The molecule has 2 heterocycles. The summed E-state index contributed by atoms with van der Waals surface area (Å²) in [5, 5.41) is 3.93. The Labute approximate surface area is 165 Å². The molecule has 0 bridgehead atoms. The van der Waals surface area contributed by atoms with E-state index in [1.807, 2.05) is 19.1 Å². The predicted molar refractivity (Wildman–Crippen MR) is 111 cm³/mol. The quantitative estimate of drug-likeness (QED) is 0.569. The smallest absolute Gasteiger partial charge is 0.267 e. The van der Waals surface area contributed by atoms with E-state index in [1.54, 1.807) is 12.4 Å². The Morgan fingerprint density at radius 3 is 2.50 bits per heavy atom. The van der Waals surface area contributed by atoms with Crippen molar-refractivity contribution in [3.63, 3.8) is 0 Å². The molecule has 0 aliphatic carbocycles. The third kappa shape index (κ3) is 3.86. The van der Waals surface area contributed by atoms with Crippen molar-refractivity contribution in [3.05, 3.63) is 62.8 Å². The van der Waals surface area contributed by atoms with Gasteiger partial charge in [-0.1, -0.05) is 29.8 Å². The summed E-state index contributed by atoms with van der Waals surface area (Å²) < 4.78 is 1.04. The lowest BCUT2D eigenvalue weighted by molar-refractivity contribution is 0.102. The summed E-state index contributed by atoms with van der Waals surface area (Å²) in [5.41, 5.74) is 4.82. The van der Waals surface area contributed by atoms with Crippen molar-refractivity contribution in [3.8, 4) is 10.6 Å². The van der Waals surface area contributed by atoms with Crippen LogP contribution in [0.1, 0.15) is 40.3 Å². The fourth-order valence-corrected chi connectivity index (χ4v) is 4.34. The number of nitrogens with zero attached hydrogens (tertiary/aromatic N) is 2. The molecule has 0 unspecified atom stereocenters. The Morgan fingerprint density at radius 2 is 1.92 bits per heavy atom. The van der Waals surface area contributed by atoms with E-state index in [0.717, 1.165) is 50.4 Å². The fourth-order valence-electron chi connectivity index (χ4n) is 2.83. The standard InChI is InChI=1S/C20H20BrN3OS/c1-4-13-9-16(21)10-14(5-2)17(13)24-19(25)18-12(3)23-20(26-18)15-7-6-8-22-11-15/h6-11H,4-5H2,1-3H3,(H,24,25). The second-order valence-electron chi connectivity index (χ2n) is 5.94. The Kier molecular flexibility index (Phi) is 5.84. The number of pyridine rings is 1. The first-order valence-corrected chi connectivity index (χ1v) is 10.1. The van der Waals surface area contributed by atoms with E-state index in [9.17, 15) is 4.79 Å². The van der Waals surface area contributed by atoms with E-state index in [4.69, 9.17) is 0 Å². The SMILES string of the molecule is CCc1cc(Br)cc(CC)c1NC(=O)c1sc(-c2cccnc2)nc1C. The number of aryl methyl sites for hydroxylation is 3. The number of amides is 1. The summed E-state index contributed by atoms with van der Waals surface area (Å²) in [6.07, 6.45) is 5.19. The molecule has 0 saturated carbocycles. The summed E-state index contributed by atoms with van der Waals surface area (Å²) >= 11 is 4.95. The topological polar surface area (TPSA) is 54.9 Å². The van der Waals surface area contributed by atoms with Gasteiger partial charge in [0.1, 0.15) is 9.88 Å². The zero-order valence-corrected chi connectivity index (χ0v) is 17.4. The lowest BCUT2D eigenvalue weighted by Crippen LogP contribution is -2.14. The second kappa shape index (κ2) is 8.10. The largest absolute Gasteiger partial charge is 0.321 e. The number of rotatable bonds is 5. The number of benzene rings is 1. The number of anilines is 1. The van der Waals surface area contributed by atoms with E-state index in [2.05, 4.69) is 57.2 Å². The van der Waals surface area contributed by atoms with Gasteiger partial charge in [0.05, 0.1) is 5.69 Å². The number of nitrogens with one attached hydrogen (secondary N) is 1. The van der Waals surface area contributed by atoms with Crippen molar-refractivity contribution in [1.29, 1.82) is 0 Å². The lowest BCUT2D eigenvalue weighted by Gasteiger charge is -2.15. The molecule has 0 aliphatic rings. The van der Waals surface area contributed by atoms with Gasteiger partial charge in [-0.05, 0) is 55.2 Å². The summed E-state index contributed by atoms with van der Waals surface area (Å²) in [4.78, 5) is 22.2. The zero-order chi connectivity index (χ0) is 18.7. The Bertz CT molecular complexity index is 912. The van der Waals surface area contributed by atoms with Crippen LogP contribution in [-0.2, 0) is 12.8 Å². The number of carbonyl (C=O) groups excluding carboxylic acids is 1. The summed E-state index contributed by atoms with van der Waals surface area (Å²) in [6, 6.07) is 7.95. The average Bonchev–Trinajstić information content (AvgIpc) is 3.05. The summed E-state index contributed by atoms with van der Waals surface area (Å²) in [5.74, 6) is -0.109. The maximum Gasteiger partial charge on any atom is 0.267 e. The van der Waals surface area contributed by atoms with Crippen molar-refractivity contribution in [2.75, 3.05) is 5.32 Å². The maximum atomic E-state index is 12.9. The number of thiazole rings is 1. The highest BCUT2D eigenvalue weighted by Gasteiger charge is 2.19. The first kappa shape index (κ1) is 18.7. The number of halogens is 1. The number of hydrogen-bond donors (Lipinski definition) is 1. The molecule has 26 heavy (non-hydrogen) atoms. The van der Waals surface area contributed by atoms with Crippen molar-refractivity contribution in [2.24, 2.45) is 0 Å². The highest BCUT2D eigenvalue weighted by Crippen LogP contribution is 2.31. The van der Waals surface area contributed by atoms with Gasteiger partial charge >= 0.3 is 0 Å². The molecule has 2 aromatic heterocycles. The summed E-state index contributed by atoms with van der Waals surface area (Å²) in [7, 11) is 0. The van der Waals surface area contributed by atoms with E-state index >= 15 is 0 Å². The summed E-state index contributed by atoms with van der Waals surface area (Å²) in [6.45, 7) is 6.05. The van der Waals surface area contributed by atoms with Crippen molar-refractivity contribution in [1.82, 2.24) is 9.97 Å². The number of hydrogen-bond acceptors (Lipinski definition) is 4. The van der Waals surface area contributed by atoms with E-state index < -0.39 is 0 Å². The molecule has 0 saturated heterocycles. The third-order valence-corrected chi connectivity index (χ3v) is 5.84. The van der Waals surface area contributed by atoms with Gasteiger partial charge in [-0.2, -0.15) is 0 Å². The Hall–Kier alpha value is -2.05. The first-order valence-electron chi connectivity index (χ1n) is 8.54. The first-order chi connectivity index (χ1) is 12.5. The molecule has 6 heteroatoms. The lowest BCUT2D eigenvalue weighted by atomic mass is 10.0. The molecule has 0 fully saturated rings. The highest BCUT2D eigenvalue weighted by molar-refractivity contribution is 9.10. The predicted octanol–water partition coefficient (Wildman–Crippen LogP) is 5.65. The molecule has 3 aromatic rings. The van der Waals surface area contributed by atoms with Gasteiger partial charge in [-0.3, -0.25) is 9.78 Å². The third-order valence-electron chi connectivity index (χ3n) is 4.18. The maximum absolute atomic E-state index is 12.9. The molecule has 0 radical (unpaired) electrons. The fraction of sp³-hybridized carbons (Fsp3) is 0.250. The molecule has 3 rings (SSSR count). The van der Waals surface area contributed by atoms with E-state index in [-0.39, 0.29) is 5.91 Å². The van der Waals surface area contributed by atoms with Gasteiger partial charge in [0.25, 0.3) is 5.91 Å². The van der Waals surface area contributed by atoms with Gasteiger partial charge in [-0.15, -0.1) is 11.3 Å². The molecule has 1 aromatic carbocycles. The van der Waals surface area contributed by atoms with Gasteiger partial charge in [0.15, 0.2) is 0 Å². The van der Waals surface area contributed by atoms with Gasteiger partial charge in [-0.25, -0.2) is 4.98 Å². The van der Waals surface area contributed by atoms with E-state index in [1.165, 1.54) is 11.3 Å². The van der Waals surface area contributed by atoms with E-state index in [0.29, 0.717) is 4.88 Å². The van der Waals surface area contributed by atoms with Crippen LogP contribution in [0.3, 0.4) is 0 Å². The van der Waals surface area contributed by atoms with Crippen LogP contribution in [0.4, 0.5) is 5.69 Å². The van der Waals surface area contributed by atoms with Crippen molar-refractivity contribution >= 4 is 38.9 Å². The molecule has 0 spiro atoms. The minimum Gasteiger partial charge on any atom is -0.321 e. The molecule has 1 N–H and O–H groups in total.